The first-order valence-corrected chi connectivity index (χ1v) is 9.17. The molecule has 0 amide bonds. The highest BCUT2D eigenvalue weighted by Crippen LogP contribution is 2.32. The minimum atomic E-state index is 0.00259. The van der Waals surface area contributed by atoms with Crippen LogP contribution < -0.4 is 0 Å². The molecule has 1 atom stereocenters. The number of unbranched alkanes of at least 4 members (excludes halogenated alkanes) is 5. The van der Waals surface area contributed by atoms with E-state index in [0.29, 0.717) is 5.75 Å². The summed E-state index contributed by atoms with van der Waals surface area (Å²) in [6.07, 6.45) is 10.7. The molecule has 0 aromatic heterocycles. The highest BCUT2D eigenvalue weighted by atomic mass is 16.3. The Labute approximate surface area is 138 Å². The molecular formula is C21H36O. The van der Waals surface area contributed by atoms with Crippen LogP contribution in [0.25, 0.3) is 0 Å². The number of hydrogen-bond donors (Lipinski definition) is 1. The molecule has 1 aromatic carbocycles. The lowest BCUT2D eigenvalue weighted by atomic mass is 9.84. The summed E-state index contributed by atoms with van der Waals surface area (Å²) in [5.74, 6) is 1.16. The Morgan fingerprint density at radius 2 is 1.64 bits per heavy atom. The zero-order chi connectivity index (χ0) is 16.6. The van der Waals surface area contributed by atoms with E-state index in [2.05, 4.69) is 46.8 Å². The van der Waals surface area contributed by atoms with E-state index in [1.54, 1.807) is 0 Å². The lowest BCUT2D eigenvalue weighted by Gasteiger charge is -2.22. The van der Waals surface area contributed by atoms with Gasteiger partial charge < -0.3 is 5.11 Å². The largest absolute Gasteiger partial charge is 0.508 e. The van der Waals surface area contributed by atoms with Crippen molar-refractivity contribution in [3.63, 3.8) is 0 Å². The predicted molar refractivity (Wildman–Crippen MR) is 97.7 cm³/mol. The van der Waals surface area contributed by atoms with Crippen molar-refractivity contribution in [2.45, 2.75) is 91.4 Å². The lowest BCUT2D eigenvalue weighted by Crippen LogP contribution is -2.12. The SMILES string of the molecule is CCCCCCCCC(C)Cc1ccc(O)c(C(C)(C)C)c1. The molecule has 22 heavy (non-hydrogen) atoms. The topological polar surface area (TPSA) is 20.2 Å². The minimum absolute atomic E-state index is 0.00259. The van der Waals surface area contributed by atoms with Gasteiger partial charge in [0.15, 0.2) is 0 Å². The average Bonchev–Trinajstić information content (AvgIpc) is 2.43. The van der Waals surface area contributed by atoms with Gasteiger partial charge >= 0.3 is 0 Å². The van der Waals surface area contributed by atoms with Gasteiger partial charge in [0.05, 0.1) is 0 Å². The van der Waals surface area contributed by atoms with Gasteiger partial charge in [-0.15, -0.1) is 0 Å². The molecule has 0 bridgehead atoms. The van der Waals surface area contributed by atoms with Crippen LogP contribution in [0.2, 0.25) is 0 Å². The summed E-state index contributed by atoms with van der Waals surface area (Å²) in [6.45, 7) is 11.1. The standard InChI is InChI=1S/C21H36O/c1-6-7-8-9-10-11-12-17(2)15-18-13-14-20(22)19(16-18)21(3,4)5/h13-14,16-17,22H,6-12,15H2,1-5H3. The molecule has 1 rings (SSSR count). The van der Waals surface area contributed by atoms with Crippen molar-refractivity contribution >= 4 is 0 Å². The minimum Gasteiger partial charge on any atom is -0.508 e. The molecule has 1 N–H and O–H groups in total. The quantitative estimate of drug-likeness (QED) is 0.508. The van der Waals surface area contributed by atoms with Crippen LogP contribution in [-0.4, -0.2) is 5.11 Å². The lowest BCUT2D eigenvalue weighted by molar-refractivity contribution is 0.444. The van der Waals surface area contributed by atoms with Crippen LogP contribution in [0, 0.1) is 5.92 Å². The van der Waals surface area contributed by atoms with Gasteiger partial charge in [0.1, 0.15) is 5.75 Å². The molecule has 1 aromatic rings. The van der Waals surface area contributed by atoms with Crippen molar-refractivity contribution < 1.29 is 5.11 Å². The van der Waals surface area contributed by atoms with Gasteiger partial charge in [0, 0.05) is 0 Å². The fourth-order valence-corrected chi connectivity index (χ4v) is 3.09. The Hall–Kier alpha value is -0.980. The van der Waals surface area contributed by atoms with Crippen molar-refractivity contribution in [2.24, 2.45) is 5.92 Å². The summed E-state index contributed by atoms with van der Waals surface area (Å²) >= 11 is 0. The third-order valence-corrected chi connectivity index (χ3v) is 4.50. The van der Waals surface area contributed by atoms with Crippen LogP contribution in [0.15, 0.2) is 18.2 Å². The molecule has 1 unspecified atom stereocenters. The fourth-order valence-electron chi connectivity index (χ4n) is 3.09. The number of benzene rings is 1. The molecule has 0 saturated heterocycles. The molecule has 126 valence electrons. The summed E-state index contributed by atoms with van der Waals surface area (Å²) < 4.78 is 0. The predicted octanol–water partition coefficient (Wildman–Crippen LogP) is 6.62. The van der Waals surface area contributed by atoms with Crippen molar-refractivity contribution in [3.05, 3.63) is 29.3 Å². The molecule has 1 heteroatoms. The van der Waals surface area contributed by atoms with Gasteiger partial charge in [-0.3, -0.25) is 0 Å². The Morgan fingerprint density at radius 1 is 1.00 bits per heavy atom. The summed E-state index contributed by atoms with van der Waals surface area (Å²) in [7, 11) is 0. The smallest absolute Gasteiger partial charge is 0.119 e. The van der Waals surface area contributed by atoms with Gasteiger partial charge in [-0.1, -0.05) is 91.7 Å². The van der Waals surface area contributed by atoms with Crippen molar-refractivity contribution in [1.29, 1.82) is 0 Å². The van der Waals surface area contributed by atoms with E-state index in [-0.39, 0.29) is 5.41 Å². The Balaban J connectivity index is 2.43. The van der Waals surface area contributed by atoms with Gasteiger partial charge in [-0.05, 0) is 34.9 Å². The van der Waals surface area contributed by atoms with E-state index in [4.69, 9.17) is 0 Å². The highest BCUT2D eigenvalue weighted by molar-refractivity contribution is 5.40. The van der Waals surface area contributed by atoms with Crippen LogP contribution in [0.4, 0.5) is 0 Å². The first kappa shape index (κ1) is 19.1. The summed E-state index contributed by atoms with van der Waals surface area (Å²) in [6, 6.07) is 6.16. The second kappa shape index (κ2) is 9.22. The zero-order valence-corrected chi connectivity index (χ0v) is 15.4. The Bertz CT molecular complexity index is 428. The van der Waals surface area contributed by atoms with Crippen molar-refractivity contribution in [2.75, 3.05) is 0 Å². The van der Waals surface area contributed by atoms with E-state index in [1.165, 1.54) is 50.5 Å². The second-order valence-electron chi connectivity index (χ2n) is 7.97. The molecule has 0 aliphatic carbocycles. The molecule has 0 aliphatic rings. The van der Waals surface area contributed by atoms with Gasteiger partial charge in [-0.2, -0.15) is 0 Å². The van der Waals surface area contributed by atoms with Crippen LogP contribution in [0.3, 0.4) is 0 Å². The van der Waals surface area contributed by atoms with Crippen LogP contribution in [-0.2, 0) is 11.8 Å². The molecule has 0 fully saturated rings. The summed E-state index contributed by atoms with van der Waals surface area (Å²) in [4.78, 5) is 0. The Morgan fingerprint density at radius 3 is 2.27 bits per heavy atom. The van der Waals surface area contributed by atoms with Gasteiger partial charge in [0.25, 0.3) is 0 Å². The molecule has 0 radical (unpaired) electrons. The molecule has 0 saturated carbocycles. The van der Waals surface area contributed by atoms with Crippen molar-refractivity contribution in [1.82, 2.24) is 0 Å². The zero-order valence-electron chi connectivity index (χ0n) is 15.4. The normalized spacial score (nSPS) is 13.3. The molecule has 0 spiro atoms. The van der Waals surface area contributed by atoms with E-state index in [1.807, 2.05) is 6.07 Å². The van der Waals surface area contributed by atoms with Crippen LogP contribution in [0.1, 0.15) is 90.7 Å². The Kier molecular flexibility index (Phi) is 8.00. The number of hydrogen-bond acceptors (Lipinski definition) is 1. The van der Waals surface area contributed by atoms with Crippen LogP contribution in [0.5, 0.6) is 5.75 Å². The third kappa shape index (κ3) is 6.85. The van der Waals surface area contributed by atoms with Gasteiger partial charge in [0.2, 0.25) is 0 Å². The monoisotopic (exact) mass is 304 g/mol. The molecule has 0 heterocycles. The highest BCUT2D eigenvalue weighted by Gasteiger charge is 2.18. The molecular weight excluding hydrogens is 268 g/mol. The number of phenolic OH excluding ortho intramolecular Hbond substituents is 1. The maximum atomic E-state index is 10.0. The summed E-state index contributed by atoms with van der Waals surface area (Å²) in [5, 5.41) is 10.0. The van der Waals surface area contributed by atoms with E-state index < -0.39 is 0 Å². The van der Waals surface area contributed by atoms with E-state index in [0.717, 1.165) is 17.9 Å². The first-order chi connectivity index (χ1) is 10.3. The van der Waals surface area contributed by atoms with E-state index >= 15 is 0 Å². The van der Waals surface area contributed by atoms with Gasteiger partial charge in [-0.25, -0.2) is 0 Å². The van der Waals surface area contributed by atoms with Crippen molar-refractivity contribution in [3.8, 4) is 5.75 Å². The maximum Gasteiger partial charge on any atom is 0.119 e. The number of rotatable bonds is 9. The van der Waals surface area contributed by atoms with E-state index in [9.17, 15) is 5.11 Å². The fraction of sp³-hybridized carbons (Fsp3) is 0.714. The number of aromatic hydroxyl groups is 1. The first-order valence-electron chi connectivity index (χ1n) is 9.17. The van der Waals surface area contributed by atoms with Crippen LogP contribution >= 0.6 is 0 Å². The molecule has 1 nitrogen and oxygen atoms in total. The third-order valence-electron chi connectivity index (χ3n) is 4.50. The summed E-state index contributed by atoms with van der Waals surface area (Å²) in [5.41, 5.74) is 2.43. The second-order valence-corrected chi connectivity index (χ2v) is 7.97. The number of phenols is 1. The maximum absolute atomic E-state index is 10.0. The average molecular weight is 305 g/mol. The molecule has 0 aliphatic heterocycles.